The van der Waals surface area contributed by atoms with Crippen LogP contribution in [0.2, 0.25) is 5.02 Å². The van der Waals surface area contributed by atoms with Crippen molar-refractivity contribution in [2.75, 3.05) is 0 Å². The highest BCUT2D eigenvalue weighted by molar-refractivity contribution is 6.30. The van der Waals surface area contributed by atoms with Crippen LogP contribution >= 0.6 is 11.6 Å². The molecule has 234 valence electrons. The lowest BCUT2D eigenvalue weighted by atomic mass is 10.0. The van der Waals surface area contributed by atoms with Crippen molar-refractivity contribution in [3.8, 4) is 11.1 Å². The number of fused-ring (bicyclic) bond motifs is 2. The molecule has 44 heavy (non-hydrogen) atoms. The Morgan fingerprint density at radius 1 is 0.977 bits per heavy atom. The van der Waals surface area contributed by atoms with E-state index in [1.165, 1.54) is 6.07 Å². The number of benzene rings is 2. The quantitative estimate of drug-likeness (QED) is 0.280. The van der Waals surface area contributed by atoms with Crippen molar-refractivity contribution in [1.82, 2.24) is 19.5 Å². The van der Waals surface area contributed by atoms with Crippen LogP contribution in [0.5, 0.6) is 0 Å². The van der Waals surface area contributed by atoms with Gasteiger partial charge in [0.15, 0.2) is 0 Å². The minimum absolute atomic E-state index is 0.330. The molecule has 0 saturated carbocycles. The van der Waals surface area contributed by atoms with Crippen molar-refractivity contribution < 1.29 is 50.5 Å². The van der Waals surface area contributed by atoms with Crippen LogP contribution in [0.4, 0.5) is 30.7 Å². The van der Waals surface area contributed by atoms with Gasteiger partial charge in [-0.1, -0.05) is 23.7 Å². The average Bonchev–Trinajstić information content (AvgIpc) is 3.56. The topological polar surface area (TPSA) is 153 Å². The van der Waals surface area contributed by atoms with Crippen LogP contribution in [0.25, 0.3) is 33.2 Å². The van der Waals surface area contributed by atoms with Crippen LogP contribution < -0.4 is 15.9 Å². The highest BCUT2D eigenvalue weighted by Crippen LogP contribution is 2.34. The third-order valence-electron chi connectivity index (χ3n) is 5.90. The molecular weight excluding hydrogens is 627 g/mol. The zero-order chi connectivity index (χ0) is 33.0. The molecular formula is C27H19ClF7N5O4-2. The first-order chi connectivity index (χ1) is 20.4. The van der Waals surface area contributed by atoms with E-state index >= 15 is 4.39 Å². The number of carboxylic acids is 2. The molecule has 3 heterocycles. The minimum Gasteiger partial charge on any atom is -0.542 e. The number of alkyl halides is 6. The standard InChI is InChI=1S/C23H19ClFN5.2C2HF3O2/c1-2-30-20-11-17(15-7-9-27-22-16(15)8-10-28-22)18(25)12-19(20)29-23(30)21(26)13-3-5-14(24)6-4-13;2*3-2(4,5)1(6)7/h3-12,21H,2,26H2,1H3,(H,27,28);2*(H,6,7)/p-2. The molecule has 0 radical (unpaired) electrons. The molecule has 3 aromatic heterocycles. The first-order valence-corrected chi connectivity index (χ1v) is 12.5. The Morgan fingerprint density at radius 2 is 1.55 bits per heavy atom. The van der Waals surface area contributed by atoms with Crippen molar-refractivity contribution in [2.24, 2.45) is 5.73 Å². The molecule has 0 aliphatic heterocycles. The number of rotatable bonds is 4. The second kappa shape index (κ2) is 13.3. The third kappa shape index (κ3) is 7.82. The zero-order valence-corrected chi connectivity index (χ0v) is 22.9. The van der Waals surface area contributed by atoms with Crippen LogP contribution in [0, 0.1) is 5.82 Å². The van der Waals surface area contributed by atoms with Crippen LogP contribution in [-0.4, -0.2) is 43.8 Å². The summed E-state index contributed by atoms with van der Waals surface area (Å²) >= 11 is 6.00. The Morgan fingerprint density at radius 3 is 2.07 bits per heavy atom. The van der Waals surface area contributed by atoms with Gasteiger partial charge in [-0.25, -0.2) is 14.4 Å². The van der Waals surface area contributed by atoms with Crippen molar-refractivity contribution >= 4 is 45.6 Å². The summed E-state index contributed by atoms with van der Waals surface area (Å²) in [6.07, 6.45) is -6.91. The van der Waals surface area contributed by atoms with Gasteiger partial charge in [-0.2, -0.15) is 26.3 Å². The maximum atomic E-state index is 15.1. The van der Waals surface area contributed by atoms with E-state index in [1.807, 2.05) is 41.8 Å². The second-order valence-electron chi connectivity index (χ2n) is 8.73. The summed E-state index contributed by atoms with van der Waals surface area (Å²) in [5.41, 5.74) is 10.9. The molecule has 1 atom stereocenters. The van der Waals surface area contributed by atoms with Crippen molar-refractivity contribution in [1.29, 1.82) is 0 Å². The van der Waals surface area contributed by atoms with Gasteiger partial charge in [-0.15, -0.1) is 0 Å². The number of aliphatic carboxylic acids is 2. The van der Waals surface area contributed by atoms with E-state index < -0.39 is 30.3 Å². The molecule has 1 unspecified atom stereocenters. The Hall–Kier alpha value is -4.70. The van der Waals surface area contributed by atoms with Gasteiger partial charge in [0.05, 0.1) is 17.1 Å². The molecule has 0 bridgehead atoms. The van der Waals surface area contributed by atoms with Gasteiger partial charge in [0.1, 0.15) is 29.2 Å². The van der Waals surface area contributed by atoms with E-state index in [-0.39, 0.29) is 5.82 Å². The summed E-state index contributed by atoms with van der Waals surface area (Å²) < 4.78 is 80.3. The van der Waals surface area contributed by atoms with Crippen molar-refractivity contribution in [3.05, 3.63) is 83.2 Å². The van der Waals surface area contributed by atoms with Gasteiger partial charge >= 0.3 is 12.4 Å². The lowest BCUT2D eigenvalue weighted by Crippen LogP contribution is -2.37. The van der Waals surface area contributed by atoms with Crippen LogP contribution in [0.15, 0.2) is 60.9 Å². The fourth-order valence-corrected chi connectivity index (χ4v) is 4.08. The largest absolute Gasteiger partial charge is 0.542 e. The van der Waals surface area contributed by atoms with Crippen molar-refractivity contribution in [3.63, 3.8) is 0 Å². The molecule has 5 rings (SSSR count). The number of nitrogens with two attached hydrogens (primary N) is 1. The Labute approximate surface area is 247 Å². The zero-order valence-electron chi connectivity index (χ0n) is 22.1. The Kier molecular flexibility index (Phi) is 10.2. The molecule has 17 heteroatoms. The number of aromatic nitrogens is 4. The molecule has 0 amide bonds. The summed E-state index contributed by atoms with van der Waals surface area (Å²) in [6.45, 7) is 2.69. The summed E-state index contributed by atoms with van der Waals surface area (Å²) in [5, 5.41) is 19.1. The molecule has 5 aromatic rings. The van der Waals surface area contributed by atoms with Crippen LogP contribution in [0.3, 0.4) is 0 Å². The Bertz CT molecular complexity index is 1760. The average molecular weight is 646 g/mol. The van der Waals surface area contributed by atoms with Gasteiger partial charge < -0.3 is 35.1 Å². The number of carboxylic acid groups (broad SMARTS) is 2. The number of halogens is 8. The van der Waals surface area contributed by atoms with Gasteiger partial charge in [-0.3, -0.25) is 0 Å². The number of hydrogen-bond donors (Lipinski definition) is 2. The van der Waals surface area contributed by atoms with Crippen molar-refractivity contribution in [2.45, 2.75) is 31.9 Å². The normalized spacial score (nSPS) is 12.2. The van der Waals surface area contributed by atoms with Gasteiger partial charge in [0.25, 0.3) is 0 Å². The van der Waals surface area contributed by atoms with E-state index in [0.717, 1.165) is 27.7 Å². The molecule has 0 aliphatic carbocycles. The molecule has 0 spiro atoms. The van der Waals surface area contributed by atoms with Crippen LogP contribution in [0.1, 0.15) is 24.4 Å². The first kappa shape index (κ1) is 33.8. The maximum absolute atomic E-state index is 15.1. The Balaban J connectivity index is 0.000000317. The molecule has 9 nitrogen and oxygen atoms in total. The number of imidazole rings is 1. The number of nitrogens with zero attached hydrogens (tertiary/aromatic N) is 3. The van der Waals surface area contributed by atoms with Crippen LogP contribution in [-0.2, 0) is 16.1 Å². The first-order valence-electron chi connectivity index (χ1n) is 12.1. The number of carbonyl (C=O) groups is 2. The van der Waals surface area contributed by atoms with E-state index in [9.17, 15) is 26.3 Å². The highest BCUT2D eigenvalue weighted by atomic mass is 35.5. The third-order valence-corrected chi connectivity index (χ3v) is 6.16. The fourth-order valence-electron chi connectivity index (χ4n) is 3.96. The summed E-state index contributed by atoms with van der Waals surface area (Å²) in [5.74, 6) is -5.66. The van der Waals surface area contributed by atoms with E-state index in [4.69, 9.17) is 37.1 Å². The monoisotopic (exact) mass is 645 g/mol. The van der Waals surface area contributed by atoms with Gasteiger partial charge in [0.2, 0.25) is 0 Å². The summed E-state index contributed by atoms with van der Waals surface area (Å²) in [7, 11) is 0. The summed E-state index contributed by atoms with van der Waals surface area (Å²) in [4.78, 5) is 29.6. The molecule has 0 saturated heterocycles. The lowest BCUT2D eigenvalue weighted by molar-refractivity contribution is -0.344. The van der Waals surface area contributed by atoms with E-state index in [1.54, 1.807) is 24.5 Å². The number of carbonyl (C=O) groups excluding carboxylic acids is 2. The summed E-state index contributed by atoms with van der Waals surface area (Å²) in [6, 6.07) is 14.0. The molecule has 2 aromatic carbocycles. The smallest absolute Gasteiger partial charge is 0.430 e. The van der Waals surface area contributed by atoms with Gasteiger partial charge in [0, 0.05) is 41.0 Å². The number of nitrogens with one attached hydrogen (secondary N) is 1. The van der Waals surface area contributed by atoms with E-state index in [2.05, 4.69) is 15.0 Å². The number of hydrogen-bond acceptors (Lipinski definition) is 7. The van der Waals surface area contributed by atoms with E-state index in [0.29, 0.717) is 28.5 Å². The lowest BCUT2D eigenvalue weighted by Gasteiger charge is -2.14. The number of pyridine rings is 1. The van der Waals surface area contributed by atoms with Gasteiger partial charge in [-0.05, 0) is 48.4 Å². The molecule has 0 fully saturated rings. The SMILES string of the molecule is CCn1c(C(N)c2ccc(Cl)cc2)nc2cc(F)c(-c3ccnc4[nH]ccc34)cc21.O=C([O-])C(F)(F)F.O=C([O-])C(F)(F)F. The number of aromatic amines is 1. The minimum atomic E-state index is -5.19. The second-order valence-corrected chi connectivity index (χ2v) is 9.17. The predicted octanol–water partition coefficient (Wildman–Crippen LogP) is 4.04. The molecule has 0 aliphatic rings. The number of aryl methyl sites for hydroxylation is 1. The highest BCUT2D eigenvalue weighted by Gasteiger charge is 2.29. The maximum Gasteiger partial charge on any atom is 0.430 e. The molecule has 3 N–H and O–H groups in total. The fraction of sp³-hybridized carbons (Fsp3) is 0.185. The predicted molar refractivity (Wildman–Crippen MR) is 140 cm³/mol. The number of H-pyrrole nitrogens is 1.